The molecule has 1 aliphatic carbocycles. The number of methoxy groups -OCH3 is 1. The molecule has 5 nitrogen and oxygen atoms in total. The minimum absolute atomic E-state index is 0.000775. The highest BCUT2D eigenvalue weighted by Crippen LogP contribution is 2.29. The molecule has 0 fully saturated rings. The Labute approximate surface area is 145 Å². The third-order valence-corrected chi connectivity index (χ3v) is 5.33. The van der Waals surface area contributed by atoms with Gasteiger partial charge in [0, 0.05) is 10.4 Å². The fraction of sp³-hybridized carbons (Fsp3) is 0.333. The van der Waals surface area contributed by atoms with Gasteiger partial charge in [-0.25, -0.2) is 5.43 Å². The molecule has 0 bridgehead atoms. The molecule has 0 atom stereocenters. The third kappa shape index (κ3) is 3.59. The topological polar surface area (TPSA) is 70.9 Å². The number of phenolic OH excluding ortho intramolecular Hbond substituents is 1. The smallest absolute Gasteiger partial charge is 0.281 e. The number of carbonyl (C=O) groups is 1. The quantitative estimate of drug-likeness (QED) is 0.507. The molecule has 1 heterocycles. The number of nitrogens with zero attached hydrogens (tertiary/aromatic N) is 1. The van der Waals surface area contributed by atoms with Gasteiger partial charge < -0.3 is 9.84 Å². The van der Waals surface area contributed by atoms with Crippen LogP contribution in [0.1, 0.15) is 44.9 Å². The van der Waals surface area contributed by atoms with Crippen LogP contribution in [0, 0.1) is 0 Å². The van der Waals surface area contributed by atoms with Gasteiger partial charge in [-0.15, -0.1) is 11.3 Å². The van der Waals surface area contributed by atoms with Crippen LogP contribution in [-0.4, -0.2) is 24.3 Å². The lowest BCUT2D eigenvalue weighted by molar-refractivity contribution is 0.0959. The molecule has 0 aliphatic heterocycles. The number of phenols is 1. The summed E-state index contributed by atoms with van der Waals surface area (Å²) in [6.45, 7) is 0. The molecule has 0 spiro atoms. The Morgan fingerprint density at radius 2 is 2.17 bits per heavy atom. The van der Waals surface area contributed by atoms with Crippen LogP contribution in [0.15, 0.2) is 29.4 Å². The number of aryl methyl sites for hydroxylation is 2. The Morgan fingerprint density at radius 3 is 3.00 bits per heavy atom. The Kier molecular flexibility index (Phi) is 5.15. The van der Waals surface area contributed by atoms with E-state index in [0.717, 1.165) is 12.8 Å². The molecule has 1 aromatic heterocycles. The van der Waals surface area contributed by atoms with Crippen molar-refractivity contribution in [1.82, 2.24) is 5.43 Å². The number of aromatic hydroxyl groups is 1. The number of rotatable bonds is 4. The van der Waals surface area contributed by atoms with Crippen molar-refractivity contribution < 1.29 is 14.6 Å². The minimum atomic E-state index is -0.216. The summed E-state index contributed by atoms with van der Waals surface area (Å²) in [7, 11) is 1.48. The first-order valence-electron chi connectivity index (χ1n) is 8.00. The maximum atomic E-state index is 12.2. The van der Waals surface area contributed by atoms with Crippen LogP contribution in [0.3, 0.4) is 0 Å². The first-order valence-corrected chi connectivity index (χ1v) is 8.81. The number of carbonyl (C=O) groups excluding carboxylic acids is 1. The largest absolute Gasteiger partial charge is 0.504 e. The van der Waals surface area contributed by atoms with Gasteiger partial charge in [-0.05, 0) is 49.4 Å². The summed E-state index contributed by atoms with van der Waals surface area (Å²) >= 11 is 1.56. The Balaban J connectivity index is 1.67. The molecule has 0 unspecified atom stereocenters. The summed E-state index contributed by atoms with van der Waals surface area (Å²) in [6.07, 6.45) is 7.18. The number of hydrogen-bond acceptors (Lipinski definition) is 5. The Bertz CT molecular complexity index is 744. The lowest BCUT2D eigenvalue weighted by Crippen LogP contribution is -2.16. The predicted octanol–water partition coefficient (Wildman–Crippen LogP) is 3.50. The number of thiophene rings is 1. The molecule has 24 heavy (non-hydrogen) atoms. The normalized spacial score (nSPS) is 14.2. The van der Waals surface area contributed by atoms with Crippen LogP contribution in [0.2, 0.25) is 0 Å². The molecule has 1 aromatic carbocycles. The first-order chi connectivity index (χ1) is 11.7. The van der Waals surface area contributed by atoms with Gasteiger partial charge in [0.25, 0.3) is 5.91 Å². The lowest BCUT2D eigenvalue weighted by Gasteiger charge is -2.04. The summed E-state index contributed by atoms with van der Waals surface area (Å²) in [6, 6.07) is 7.09. The van der Waals surface area contributed by atoms with Crippen LogP contribution in [0.4, 0.5) is 0 Å². The highest BCUT2D eigenvalue weighted by molar-refractivity contribution is 7.14. The fourth-order valence-electron chi connectivity index (χ4n) is 2.80. The van der Waals surface area contributed by atoms with Gasteiger partial charge in [0.05, 0.1) is 18.2 Å². The van der Waals surface area contributed by atoms with E-state index in [0.29, 0.717) is 16.2 Å². The molecular weight excluding hydrogens is 324 g/mol. The second kappa shape index (κ2) is 7.49. The molecule has 0 radical (unpaired) electrons. The van der Waals surface area contributed by atoms with Crippen molar-refractivity contribution in [3.05, 3.63) is 45.1 Å². The highest BCUT2D eigenvalue weighted by Gasteiger charge is 2.16. The standard InChI is InChI=1S/C18H20N2O3S/c1-23-14-8-5-7-13(17(14)21)11-19-20-18(22)16-10-12-6-3-2-4-9-15(12)24-16/h5,7-8,10-11,21H,2-4,6,9H2,1H3,(H,20,22)/b19-11+. The molecule has 2 aromatic rings. The van der Waals surface area contributed by atoms with E-state index in [4.69, 9.17) is 4.74 Å². The molecule has 3 rings (SSSR count). The van der Waals surface area contributed by atoms with Crippen LogP contribution >= 0.6 is 11.3 Å². The van der Waals surface area contributed by atoms with E-state index < -0.39 is 0 Å². The van der Waals surface area contributed by atoms with E-state index in [9.17, 15) is 9.90 Å². The van der Waals surface area contributed by atoms with Gasteiger partial charge in [-0.3, -0.25) is 4.79 Å². The fourth-order valence-corrected chi connectivity index (χ4v) is 3.95. The molecule has 0 saturated carbocycles. The minimum Gasteiger partial charge on any atom is -0.504 e. The summed E-state index contributed by atoms with van der Waals surface area (Å²) in [5.41, 5.74) is 4.31. The zero-order valence-electron chi connectivity index (χ0n) is 13.5. The lowest BCUT2D eigenvalue weighted by atomic mass is 10.1. The van der Waals surface area contributed by atoms with E-state index in [1.165, 1.54) is 43.0 Å². The summed E-state index contributed by atoms with van der Waals surface area (Å²) < 4.78 is 5.04. The van der Waals surface area contributed by atoms with Crippen molar-refractivity contribution in [2.24, 2.45) is 5.10 Å². The van der Waals surface area contributed by atoms with Crippen molar-refractivity contribution >= 4 is 23.5 Å². The van der Waals surface area contributed by atoms with E-state index in [2.05, 4.69) is 10.5 Å². The summed E-state index contributed by atoms with van der Waals surface area (Å²) in [5, 5.41) is 13.9. The van der Waals surface area contributed by atoms with E-state index in [-0.39, 0.29) is 11.7 Å². The average molecular weight is 344 g/mol. The van der Waals surface area contributed by atoms with Crippen molar-refractivity contribution in [2.45, 2.75) is 32.1 Å². The average Bonchev–Trinajstić information content (AvgIpc) is 2.87. The monoisotopic (exact) mass is 344 g/mol. The number of amides is 1. The number of fused-ring (bicyclic) bond motifs is 1. The van der Waals surface area contributed by atoms with Gasteiger partial charge in [0.2, 0.25) is 0 Å². The van der Waals surface area contributed by atoms with Gasteiger partial charge in [-0.2, -0.15) is 5.10 Å². The predicted molar refractivity (Wildman–Crippen MR) is 95.3 cm³/mol. The zero-order chi connectivity index (χ0) is 16.9. The van der Waals surface area contributed by atoms with Crippen molar-refractivity contribution in [3.8, 4) is 11.5 Å². The van der Waals surface area contributed by atoms with Crippen LogP contribution in [-0.2, 0) is 12.8 Å². The summed E-state index contributed by atoms with van der Waals surface area (Å²) in [4.78, 5) is 14.3. The second-order valence-corrected chi connectivity index (χ2v) is 6.85. The molecule has 1 amide bonds. The Morgan fingerprint density at radius 1 is 1.33 bits per heavy atom. The third-order valence-electron chi connectivity index (χ3n) is 4.09. The number of hydrazone groups is 1. The van der Waals surface area contributed by atoms with E-state index in [1.54, 1.807) is 29.5 Å². The second-order valence-electron chi connectivity index (χ2n) is 5.72. The molecule has 6 heteroatoms. The maximum absolute atomic E-state index is 12.2. The van der Waals surface area contributed by atoms with E-state index in [1.807, 2.05) is 6.07 Å². The summed E-state index contributed by atoms with van der Waals surface area (Å²) in [5.74, 6) is 0.153. The van der Waals surface area contributed by atoms with Gasteiger partial charge in [0.15, 0.2) is 11.5 Å². The SMILES string of the molecule is COc1cccc(/C=N/NC(=O)c2cc3c(s2)CCCCC3)c1O. The van der Waals surface area contributed by atoms with Crippen LogP contribution < -0.4 is 10.2 Å². The van der Waals surface area contributed by atoms with Crippen LogP contribution in [0.25, 0.3) is 0 Å². The molecular formula is C18H20N2O3S. The van der Waals surface area contributed by atoms with Gasteiger partial charge in [0.1, 0.15) is 0 Å². The number of para-hydroxylation sites is 1. The number of ether oxygens (including phenoxy) is 1. The number of hydrogen-bond donors (Lipinski definition) is 2. The maximum Gasteiger partial charge on any atom is 0.281 e. The number of benzene rings is 1. The van der Waals surface area contributed by atoms with E-state index >= 15 is 0 Å². The Hall–Kier alpha value is -2.34. The van der Waals surface area contributed by atoms with Crippen molar-refractivity contribution in [1.29, 1.82) is 0 Å². The highest BCUT2D eigenvalue weighted by atomic mass is 32.1. The van der Waals surface area contributed by atoms with Crippen LogP contribution in [0.5, 0.6) is 11.5 Å². The zero-order valence-corrected chi connectivity index (χ0v) is 14.4. The molecule has 1 aliphatic rings. The van der Waals surface area contributed by atoms with Gasteiger partial charge >= 0.3 is 0 Å². The van der Waals surface area contributed by atoms with Gasteiger partial charge in [-0.1, -0.05) is 12.5 Å². The first kappa shape index (κ1) is 16.5. The molecule has 0 saturated heterocycles. The molecule has 2 N–H and O–H groups in total. The number of nitrogens with one attached hydrogen (secondary N) is 1. The van der Waals surface area contributed by atoms with Crippen molar-refractivity contribution in [2.75, 3.05) is 7.11 Å². The van der Waals surface area contributed by atoms with Crippen molar-refractivity contribution in [3.63, 3.8) is 0 Å². The molecule has 126 valence electrons.